The maximum absolute atomic E-state index is 12.3. The van der Waals surface area contributed by atoms with E-state index in [9.17, 15) is 4.79 Å². The maximum Gasteiger partial charge on any atom is 0.260 e. The van der Waals surface area contributed by atoms with E-state index < -0.39 is 0 Å². The molecule has 0 atom stereocenters. The monoisotopic (exact) mass is 304 g/mol. The van der Waals surface area contributed by atoms with E-state index in [4.69, 9.17) is 0 Å². The summed E-state index contributed by atoms with van der Waals surface area (Å²) < 4.78 is 1.86. The van der Waals surface area contributed by atoms with Crippen molar-refractivity contribution in [2.45, 2.75) is 52.0 Å². The Morgan fingerprint density at radius 2 is 2.24 bits per heavy atom. The Morgan fingerprint density at radius 1 is 1.48 bits per heavy atom. The maximum atomic E-state index is 12.3. The summed E-state index contributed by atoms with van der Waals surface area (Å²) in [4.78, 5) is 16.9. The molecule has 0 bridgehead atoms. The molecule has 2 aromatic heterocycles. The quantitative estimate of drug-likeness (QED) is 0.936. The van der Waals surface area contributed by atoms with Crippen molar-refractivity contribution in [2.24, 2.45) is 0 Å². The number of carbonyl (C=O) groups excluding carboxylic acids is 1. The van der Waals surface area contributed by atoms with Crippen LogP contribution in [0.2, 0.25) is 0 Å². The molecule has 3 rings (SSSR count). The van der Waals surface area contributed by atoms with Crippen LogP contribution in [0.1, 0.15) is 66.8 Å². The molecule has 6 heteroatoms. The number of nitrogens with zero attached hydrogens (tertiary/aromatic N) is 3. The smallest absolute Gasteiger partial charge is 0.260 e. The first kappa shape index (κ1) is 14.3. The summed E-state index contributed by atoms with van der Waals surface area (Å²) in [5.41, 5.74) is 2.62. The summed E-state index contributed by atoms with van der Waals surface area (Å²) in [6.07, 6.45) is 5.36. The Kier molecular flexibility index (Phi) is 3.80. The molecule has 21 heavy (non-hydrogen) atoms. The van der Waals surface area contributed by atoms with Crippen molar-refractivity contribution < 1.29 is 4.79 Å². The fourth-order valence-corrected chi connectivity index (χ4v) is 3.35. The molecule has 0 spiro atoms. The van der Waals surface area contributed by atoms with Crippen LogP contribution < -0.4 is 5.32 Å². The van der Waals surface area contributed by atoms with E-state index in [1.807, 2.05) is 25.5 Å². The number of carbonyl (C=O) groups is 1. The molecule has 2 heterocycles. The molecule has 1 N–H and O–H groups in total. The average Bonchev–Trinajstić information content (AvgIpc) is 2.94. The number of hydrogen-bond donors (Lipinski definition) is 1. The van der Waals surface area contributed by atoms with Gasteiger partial charge in [0.25, 0.3) is 5.91 Å². The number of nitrogens with one attached hydrogen (secondary N) is 1. The van der Waals surface area contributed by atoms with E-state index >= 15 is 0 Å². The number of amides is 1. The van der Waals surface area contributed by atoms with E-state index in [1.165, 1.54) is 30.6 Å². The molecular formula is C15H20N4OS. The third kappa shape index (κ3) is 2.72. The largest absolute Gasteiger partial charge is 0.298 e. The summed E-state index contributed by atoms with van der Waals surface area (Å²) in [6.45, 7) is 6.02. The predicted molar refractivity (Wildman–Crippen MR) is 84.0 cm³/mol. The third-order valence-electron chi connectivity index (χ3n) is 4.04. The van der Waals surface area contributed by atoms with Gasteiger partial charge in [-0.1, -0.05) is 6.42 Å². The number of hydrogen-bond acceptors (Lipinski definition) is 4. The first-order valence-corrected chi connectivity index (χ1v) is 8.25. The Balaban J connectivity index is 1.72. The van der Waals surface area contributed by atoms with Crippen molar-refractivity contribution in [1.82, 2.24) is 14.8 Å². The lowest BCUT2D eigenvalue weighted by molar-refractivity contribution is 0.102. The van der Waals surface area contributed by atoms with Gasteiger partial charge in [0.2, 0.25) is 0 Å². The van der Waals surface area contributed by atoms with Crippen molar-refractivity contribution in [2.75, 3.05) is 5.32 Å². The molecule has 1 saturated carbocycles. The first-order valence-electron chi connectivity index (χ1n) is 7.37. The Hall–Kier alpha value is -1.69. The minimum absolute atomic E-state index is 0.131. The Morgan fingerprint density at radius 3 is 2.81 bits per heavy atom. The van der Waals surface area contributed by atoms with Crippen LogP contribution >= 0.6 is 11.3 Å². The Labute approximate surface area is 128 Å². The molecule has 0 radical (unpaired) electrons. The summed E-state index contributed by atoms with van der Waals surface area (Å²) in [6, 6.07) is 0.247. The second-order valence-corrected chi connectivity index (χ2v) is 6.70. The van der Waals surface area contributed by atoms with Gasteiger partial charge in [-0.25, -0.2) is 4.98 Å². The van der Waals surface area contributed by atoms with E-state index in [-0.39, 0.29) is 11.9 Å². The highest BCUT2D eigenvalue weighted by Crippen LogP contribution is 2.37. The topological polar surface area (TPSA) is 59.8 Å². The summed E-state index contributed by atoms with van der Waals surface area (Å²) >= 11 is 1.50. The van der Waals surface area contributed by atoms with Gasteiger partial charge in [-0.15, -0.1) is 11.3 Å². The molecule has 1 fully saturated rings. The minimum atomic E-state index is -0.131. The molecule has 5 nitrogen and oxygen atoms in total. The van der Waals surface area contributed by atoms with Crippen LogP contribution in [0.15, 0.2) is 11.6 Å². The molecule has 2 aromatic rings. The SMILES string of the molecule is Cc1c(C(=O)Nc2nc(C3CCC3)cs2)cnn1C(C)C. The van der Waals surface area contributed by atoms with E-state index in [0.29, 0.717) is 16.6 Å². The van der Waals surface area contributed by atoms with Gasteiger partial charge in [-0.05, 0) is 33.6 Å². The van der Waals surface area contributed by atoms with Crippen molar-refractivity contribution in [1.29, 1.82) is 0 Å². The van der Waals surface area contributed by atoms with Gasteiger partial charge in [0.05, 0.1) is 17.5 Å². The third-order valence-corrected chi connectivity index (χ3v) is 4.82. The minimum Gasteiger partial charge on any atom is -0.298 e. The Bertz CT molecular complexity index is 654. The van der Waals surface area contributed by atoms with Crippen LogP contribution in [0.4, 0.5) is 5.13 Å². The molecule has 0 unspecified atom stereocenters. The summed E-state index contributed by atoms with van der Waals surface area (Å²) in [5, 5.41) is 9.90. The number of rotatable bonds is 4. The standard InChI is InChI=1S/C15H20N4OS/c1-9(2)19-10(3)12(7-16-19)14(20)18-15-17-13(8-21-15)11-5-4-6-11/h7-9,11H,4-6H2,1-3H3,(H,17,18,20). The second-order valence-electron chi connectivity index (χ2n) is 5.84. The zero-order valence-electron chi connectivity index (χ0n) is 12.6. The van der Waals surface area contributed by atoms with Gasteiger partial charge >= 0.3 is 0 Å². The number of aromatic nitrogens is 3. The van der Waals surface area contributed by atoms with Crippen LogP contribution in [0.25, 0.3) is 0 Å². The van der Waals surface area contributed by atoms with Crippen LogP contribution in [0.5, 0.6) is 0 Å². The molecule has 0 aromatic carbocycles. The fourth-order valence-electron chi connectivity index (χ4n) is 2.57. The zero-order chi connectivity index (χ0) is 15.0. The molecule has 0 aliphatic heterocycles. The van der Waals surface area contributed by atoms with Gasteiger partial charge in [-0.3, -0.25) is 14.8 Å². The van der Waals surface area contributed by atoms with Crippen molar-refractivity contribution in [3.8, 4) is 0 Å². The highest BCUT2D eigenvalue weighted by Gasteiger charge is 2.23. The normalized spacial score (nSPS) is 15.2. The van der Waals surface area contributed by atoms with Crippen LogP contribution in [-0.4, -0.2) is 20.7 Å². The number of anilines is 1. The van der Waals surface area contributed by atoms with Gasteiger partial charge < -0.3 is 0 Å². The lowest BCUT2D eigenvalue weighted by Crippen LogP contribution is -2.14. The molecular weight excluding hydrogens is 284 g/mol. The fraction of sp³-hybridized carbons (Fsp3) is 0.533. The highest BCUT2D eigenvalue weighted by atomic mass is 32.1. The van der Waals surface area contributed by atoms with E-state index in [1.54, 1.807) is 6.20 Å². The molecule has 1 aliphatic carbocycles. The zero-order valence-corrected chi connectivity index (χ0v) is 13.4. The lowest BCUT2D eigenvalue weighted by atomic mass is 9.83. The summed E-state index contributed by atoms with van der Waals surface area (Å²) in [5.74, 6) is 0.464. The van der Waals surface area contributed by atoms with Gasteiger partial charge in [0.15, 0.2) is 5.13 Å². The van der Waals surface area contributed by atoms with Gasteiger partial charge in [-0.2, -0.15) is 5.10 Å². The van der Waals surface area contributed by atoms with Gasteiger partial charge in [0.1, 0.15) is 0 Å². The molecule has 0 saturated heterocycles. The second kappa shape index (κ2) is 5.60. The van der Waals surface area contributed by atoms with Crippen molar-refractivity contribution in [3.05, 3.63) is 28.5 Å². The van der Waals surface area contributed by atoms with Crippen molar-refractivity contribution in [3.63, 3.8) is 0 Å². The van der Waals surface area contributed by atoms with Crippen LogP contribution in [0.3, 0.4) is 0 Å². The van der Waals surface area contributed by atoms with Crippen LogP contribution in [-0.2, 0) is 0 Å². The number of thiazole rings is 1. The van der Waals surface area contributed by atoms with Gasteiger partial charge in [0, 0.05) is 23.0 Å². The molecule has 112 valence electrons. The average molecular weight is 304 g/mol. The summed E-state index contributed by atoms with van der Waals surface area (Å²) in [7, 11) is 0. The van der Waals surface area contributed by atoms with E-state index in [2.05, 4.69) is 20.8 Å². The molecule has 1 amide bonds. The van der Waals surface area contributed by atoms with Crippen molar-refractivity contribution >= 4 is 22.4 Å². The first-order chi connectivity index (χ1) is 10.1. The molecule has 1 aliphatic rings. The lowest BCUT2D eigenvalue weighted by Gasteiger charge is -2.22. The predicted octanol–water partition coefficient (Wildman–Crippen LogP) is 3.75. The highest BCUT2D eigenvalue weighted by molar-refractivity contribution is 7.14. The van der Waals surface area contributed by atoms with Crippen LogP contribution in [0, 0.1) is 6.92 Å². The van der Waals surface area contributed by atoms with E-state index in [0.717, 1.165) is 11.4 Å².